The third-order valence-corrected chi connectivity index (χ3v) is 2.72. The lowest BCUT2D eigenvalue weighted by molar-refractivity contribution is -0.147. The summed E-state index contributed by atoms with van der Waals surface area (Å²) in [5, 5.41) is 17.5. The van der Waals surface area contributed by atoms with Gasteiger partial charge in [-0.25, -0.2) is 9.18 Å². The first-order valence-electron chi connectivity index (χ1n) is 4.12. The smallest absolute Gasteiger partial charge is 0.417 e. The van der Waals surface area contributed by atoms with E-state index in [-0.39, 0.29) is 0 Å². The van der Waals surface area contributed by atoms with Gasteiger partial charge in [0.2, 0.25) is 0 Å². The topological polar surface area (TPSA) is 57.5 Å². The first-order valence-corrected chi connectivity index (χ1v) is 4.91. The highest BCUT2D eigenvalue weighted by molar-refractivity contribution is 9.10. The van der Waals surface area contributed by atoms with Crippen LogP contribution < -0.4 is 0 Å². The van der Waals surface area contributed by atoms with E-state index in [2.05, 4.69) is 15.9 Å². The Balaban J connectivity index is 3.34. The summed E-state index contributed by atoms with van der Waals surface area (Å²) in [6.07, 6.45) is -6.99. The number of carboxylic acids is 1. The number of hydrogen-bond donors (Lipinski definition) is 2. The van der Waals surface area contributed by atoms with E-state index in [0.29, 0.717) is 12.1 Å². The molecule has 94 valence electrons. The Labute approximate surface area is 101 Å². The summed E-state index contributed by atoms with van der Waals surface area (Å²) >= 11 is 2.39. The maximum absolute atomic E-state index is 13.4. The van der Waals surface area contributed by atoms with Gasteiger partial charge in [-0.1, -0.05) is 6.07 Å². The quantitative estimate of drug-likeness (QED) is 0.825. The van der Waals surface area contributed by atoms with Crippen molar-refractivity contribution in [2.24, 2.45) is 0 Å². The lowest BCUT2D eigenvalue weighted by Crippen LogP contribution is -2.14. The van der Waals surface area contributed by atoms with Crippen molar-refractivity contribution in [2.45, 2.75) is 12.3 Å². The van der Waals surface area contributed by atoms with Gasteiger partial charge in [0.15, 0.2) is 6.10 Å². The number of rotatable bonds is 2. The Hall–Kier alpha value is -1.15. The molecule has 2 N–H and O–H groups in total. The summed E-state index contributed by atoms with van der Waals surface area (Å²) in [6.45, 7) is 0. The van der Waals surface area contributed by atoms with Crippen LogP contribution in [0, 0.1) is 5.82 Å². The molecule has 17 heavy (non-hydrogen) atoms. The van der Waals surface area contributed by atoms with Crippen LogP contribution in [0.2, 0.25) is 0 Å². The number of halogens is 5. The van der Waals surface area contributed by atoms with Crippen LogP contribution >= 0.6 is 15.9 Å². The second-order valence-corrected chi connectivity index (χ2v) is 3.86. The molecule has 1 aromatic carbocycles. The van der Waals surface area contributed by atoms with Gasteiger partial charge in [-0.15, -0.1) is 0 Å². The fourth-order valence-corrected chi connectivity index (χ4v) is 1.71. The molecular formula is C9H5BrF4O3. The minimum atomic E-state index is -4.77. The lowest BCUT2D eigenvalue weighted by Gasteiger charge is -2.13. The molecule has 0 saturated heterocycles. The average molecular weight is 317 g/mol. The zero-order chi connectivity index (χ0) is 13.4. The molecule has 0 amide bonds. The van der Waals surface area contributed by atoms with Gasteiger partial charge in [0.25, 0.3) is 0 Å². The van der Waals surface area contributed by atoms with Gasteiger partial charge in [-0.2, -0.15) is 13.2 Å². The minimum Gasteiger partial charge on any atom is -0.479 e. The zero-order valence-electron chi connectivity index (χ0n) is 7.92. The van der Waals surface area contributed by atoms with Gasteiger partial charge >= 0.3 is 12.1 Å². The molecule has 0 aromatic heterocycles. The van der Waals surface area contributed by atoms with E-state index in [9.17, 15) is 22.4 Å². The summed E-state index contributed by atoms with van der Waals surface area (Å²) in [4.78, 5) is 10.4. The van der Waals surface area contributed by atoms with Gasteiger partial charge in [0, 0.05) is 5.56 Å². The number of aliphatic carboxylic acids is 1. The molecule has 0 aliphatic carbocycles. The average Bonchev–Trinajstić information content (AvgIpc) is 2.19. The van der Waals surface area contributed by atoms with Crippen molar-refractivity contribution in [3.05, 3.63) is 33.5 Å². The Bertz CT molecular complexity index is 458. The number of aliphatic hydroxyl groups is 1. The van der Waals surface area contributed by atoms with Crippen molar-refractivity contribution >= 4 is 21.9 Å². The maximum Gasteiger partial charge on any atom is 0.417 e. The molecule has 8 heteroatoms. The molecule has 0 aliphatic rings. The van der Waals surface area contributed by atoms with Crippen LogP contribution in [0.1, 0.15) is 17.2 Å². The molecule has 0 spiro atoms. The molecule has 0 radical (unpaired) electrons. The van der Waals surface area contributed by atoms with Crippen molar-refractivity contribution in [2.75, 3.05) is 0 Å². The van der Waals surface area contributed by atoms with Crippen molar-refractivity contribution < 1.29 is 32.6 Å². The molecule has 0 bridgehead atoms. The Kier molecular flexibility index (Phi) is 3.78. The fraction of sp³-hybridized carbons (Fsp3) is 0.222. The van der Waals surface area contributed by atoms with Crippen LogP contribution in [-0.2, 0) is 11.0 Å². The second-order valence-electron chi connectivity index (χ2n) is 3.07. The Morgan fingerprint density at radius 3 is 2.29 bits per heavy atom. The molecule has 0 saturated carbocycles. The highest BCUT2D eigenvalue weighted by atomic mass is 79.9. The van der Waals surface area contributed by atoms with Crippen LogP contribution in [0.15, 0.2) is 16.6 Å². The predicted octanol–water partition coefficient (Wildman–Crippen LogP) is 2.72. The van der Waals surface area contributed by atoms with E-state index >= 15 is 0 Å². The van der Waals surface area contributed by atoms with Gasteiger partial charge < -0.3 is 10.2 Å². The van der Waals surface area contributed by atoms with Crippen molar-refractivity contribution in [3.8, 4) is 0 Å². The SMILES string of the molecule is O=C(O)C(O)c1ccc(C(F)(F)F)c(Br)c1F. The predicted molar refractivity (Wildman–Crippen MR) is 51.7 cm³/mol. The summed E-state index contributed by atoms with van der Waals surface area (Å²) < 4.78 is 49.5. The highest BCUT2D eigenvalue weighted by Gasteiger charge is 2.35. The molecule has 0 fully saturated rings. The second kappa shape index (κ2) is 4.61. The third kappa shape index (κ3) is 2.75. The van der Waals surface area contributed by atoms with Gasteiger partial charge in [0.05, 0.1) is 10.0 Å². The van der Waals surface area contributed by atoms with E-state index in [0.717, 1.165) is 0 Å². The Morgan fingerprint density at radius 2 is 1.88 bits per heavy atom. The summed E-state index contributed by atoms with van der Waals surface area (Å²) in [7, 11) is 0. The highest BCUT2D eigenvalue weighted by Crippen LogP contribution is 2.38. The zero-order valence-corrected chi connectivity index (χ0v) is 9.51. The summed E-state index contributed by atoms with van der Waals surface area (Å²) in [5.41, 5.74) is -2.02. The van der Waals surface area contributed by atoms with E-state index in [1.807, 2.05) is 0 Å². The lowest BCUT2D eigenvalue weighted by atomic mass is 10.1. The minimum absolute atomic E-state index is 0.495. The van der Waals surface area contributed by atoms with Crippen LogP contribution in [0.4, 0.5) is 17.6 Å². The summed E-state index contributed by atoms with van der Waals surface area (Å²) in [5.74, 6) is -3.20. The molecule has 1 unspecified atom stereocenters. The number of alkyl halides is 3. The van der Waals surface area contributed by atoms with Gasteiger partial charge in [0.1, 0.15) is 5.82 Å². The maximum atomic E-state index is 13.4. The van der Waals surface area contributed by atoms with E-state index in [1.165, 1.54) is 0 Å². The third-order valence-electron chi connectivity index (χ3n) is 1.95. The fourth-order valence-electron chi connectivity index (χ4n) is 1.13. The monoisotopic (exact) mass is 316 g/mol. The molecule has 1 aromatic rings. The standard InChI is InChI=1S/C9H5BrF4O3/c10-5-4(9(12,13)14)2-1-3(6(5)11)7(15)8(16)17/h1-2,7,15H,(H,16,17). The van der Waals surface area contributed by atoms with Gasteiger partial charge in [-0.3, -0.25) is 0 Å². The number of benzene rings is 1. The number of aliphatic hydroxyl groups excluding tert-OH is 1. The van der Waals surface area contributed by atoms with E-state index in [1.54, 1.807) is 0 Å². The van der Waals surface area contributed by atoms with Crippen molar-refractivity contribution in [1.29, 1.82) is 0 Å². The molecule has 1 rings (SSSR count). The van der Waals surface area contributed by atoms with Gasteiger partial charge in [-0.05, 0) is 22.0 Å². The molecule has 3 nitrogen and oxygen atoms in total. The molecular weight excluding hydrogens is 312 g/mol. The number of carbonyl (C=O) groups is 1. The molecule has 1 atom stereocenters. The largest absolute Gasteiger partial charge is 0.479 e. The molecule has 0 aliphatic heterocycles. The number of carboxylic acid groups (broad SMARTS) is 1. The number of hydrogen-bond acceptors (Lipinski definition) is 2. The summed E-state index contributed by atoms with van der Waals surface area (Å²) in [6, 6.07) is 1.08. The Morgan fingerprint density at radius 1 is 1.35 bits per heavy atom. The first kappa shape index (κ1) is 13.9. The van der Waals surface area contributed by atoms with E-state index in [4.69, 9.17) is 10.2 Å². The van der Waals surface area contributed by atoms with Crippen molar-refractivity contribution in [1.82, 2.24) is 0 Å². The molecule has 0 heterocycles. The van der Waals surface area contributed by atoms with Crippen LogP contribution in [0.3, 0.4) is 0 Å². The van der Waals surface area contributed by atoms with Crippen LogP contribution in [-0.4, -0.2) is 16.2 Å². The normalized spacial score (nSPS) is 13.5. The van der Waals surface area contributed by atoms with Crippen molar-refractivity contribution in [3.63, 3.8) is 0 Å². The van der Waals surface area contributed by atoms with E-state index < -0.39 is 39.7 Å². The van der Waals surface area contributed by atoms with Crippen LogP contribution in [0.5, 0.6) is 0 Å². The first-order chi connectivity index (χ1) is 7.66. The van der Waals surface area contributed by atoms with Crippen LogP contribution in [0.25, 0.3) is 0 Å².